The Morgan fingerprint density at radius 3 is 2.37 bits per heavy atom. The maximum atomic E-state index is 11.6. The molecule has 1 aromatic rings. The van der Waals surface area contributed by atoms with Gasteiger partial charge in [0.25, 0.3) is 5.69 Å². The molecule has 0 aliphatic heterocycles. The molecule has 7 nitrogen and oxygen atoms in total. The van der Waals surface area contributed by atoms with Gasteiger partial charge in [0.1, 0.15) is 6.61 Å². The fourth-order valence-corrected chi connectivity index (χ4v) is 1.29. The number of non-ortho nitro benzene ring substituents is 1. The van der Waals surface area contributed by atoms with Crippen molar-refractivity contribution >= 4 is 17.6 Å². The minimum atomic E-state index is -0.784. The Labute approximate surface area is 108 Å². The number of nitrogens with zero attached hydrogens (tertiary/aromatic N) is 1. The van der Waals surface area contributed by atoms with Gasteiger partial charge < -0.3 is 9.47 Å². The Hall–Kier alpha value is -2.70. The summed E-state index contributed by atoms with van der Waals surface area (Å²) in [6, 6.07) is 3.22. The van der Waals surface area contributed by atoms with Gasteiger partial charge in [0.05, 0.1) is 23.2 Å². The molecule has 19 heavy (non-hydrogen) atoms. The zero-order chi connectivity index (χ0) is 14.4. The number of carbonyl (C=O) groups excluding carboxylic acids is 2. The van der Waals surface area contributed by atoms with E-state index < -0.39 is 22.5 Å². The molecule has 0 amide bonds. The standard InChI is InChI=1S/C12H11NO6/c1-3-4-19-12(15)9-5-8(11(14)18-2)6-10(7-9)13(16)17/h3,5-7H,1,4H2,2H3. The van der Waals surface area contributed by atoms with E-state index in [9.17, 15) is 19.7 Å². The van der Waals surface area contributed by atoms with Crippen LogP contribution in [0.4, 0.5) is 5.69 Å². The molecule has 0 atom stereocenters. The van der Waals surface area contributed by atoms with E-state index in [1.54, 1.807) is 0 Å². The first kappa shape index (κ1) is 14.4. The van der Waals surface area contributed by atoms with Crippen LogP contribution in [0.1, 0.15) is 20.7 Å². The van der Waals surface area contributed by atoms with E-state index in [2.05, 4.69) is 11.3 Å². The van der Waals surface area contributed by atoms with Gasteiger partial charge >= 0.3 is 11.9 Å². The van der Waals surface area contributed by atoms with E-state index in [1.807, 2.05) is 0 Å². The lowest BCUT2D eigenvalue weighted by molar-refractivity contribution is -0.384. The molecule has 0 saturated heterocycles. The Morgan fingerprint density at radius 1 is 1.32 bits per heavy atom. The summed E-state index contributed by atoms with van der Waals surface area (Å²) >= 11 is 0. The van der Waals surface area contributed by atoms with Crippen molar-refractivity contribution in [2.45, 2.75) is 0 Å². The summed E-state index contributed by atoms with van der Waals surface area (Å²) in [5, 5.41) is 10.7. The fraction of sp³-hybridized carbons (Fsp3) is 0.167. The zero-order valence-corrected chi connectivity index (χ0v) is 10.1. The third-order valence-electron chi connectivity index (χ3n) is 2.12. The molecular formula is C12H11NO6. The quantitative estimate of drug-likeness (QED) is 0.348. The van der Waals surface area contributed by atoms with Gasteiger partial charge in [0, 0.05) is 12.1 Å². The largest absolute Gasteiger partial charge is 0.465 e. The minimum absolute atomic E-state index is 0.0327. The van der Waals surface area contributed by atoms with Crippen molar-refractivity contribution in [2.24, 2.45) is 0 Å². The molecule has 0 bridgehead atoms. The predicted molar refractivity (Wildman–Crippen MR) is 64.9 cm³/mol. The van der Waals surface area contributed by atoms with Gasteiger partial charge in [-0.15, -0.1) is 0 Å². The number of hydrogen-bond donors (Lipinski definition) is 0. The second kappa shape index (κ2) is 6.29. The van der Waals surface area contributed by atoms with E-state index in [-0.39, 0.29) is 17.7 Å². The monoisotopic (exact) mass is 265 g/mol. The van der Waals surface area contributed by atoms with Crippen LogP contribution in [-0.2, 0) is 9.47 Å². The maximum absolute atomic E-state index is 11.6. The van der Waals surface area contributed by atoms with Gasteiger partial charge in [-0.25, -0.2) is 9.59 Å². The highest BCUT2D eigenvalue weighted by molar-refractivity contribution is 5.96. The molecule has 0 aliphatic rings. The third kappa shape index (κ3) is 3.63. The Morgan fingerprint density at radius 2 is 1.89 bits per heavy atom. The Bertz CT molecular complexity index is 537. The summed E-state index contributed by atoms with van der Waals surface area (Å²) < 4.78 is 9.21. The Kier molecular flexibility index (Phi) is 4.76. The molecule has 0 aliphatic carbocycles. The Balaban J connectivity index is 3.19. The van der Waals surface area contributed by atoms with Crippen LogP contribution in [0.5, 0.6) is 0 Å². The lowest BCUT2D eigenvalue weighted by atomic mass is 10.1. The van der Waals surface area contributed by atoms with Gasteiger partial charge in [-0.2, -0.15) is 0 Å². The van der Waals surface area contributed by atoms with Crippen LogP contribution in [-0.4, -0.2) is 30.6 Å². The predicted octanol–water partition coefficient (Wildman–Crippen LogP) is 1.72. The van der Waals surface area contributed by atoms with Gasteiger partial charge in [0.15, 0.2) is 0 Å². The molecule has 0 N–H and O–H groups in total. The number of esters is 2. The van der Waals surface area contributed by atoms with Crippen molar-refractivity contribution in [2.75, 3.05) is 13.7 Å². The summed E-state index contributed by atoms with van der Waals surface area (Å²) in [6.45, 7) is 3.34. The van der Waals surface area contributed by atoms with Gasteiger partial charge in [0.2, 0.25) is 0 Å². The SMILES string of the molecule is C=CCOC(=O)c1cc(C(=O)OC)cc([N+](=O)[O-])c1. The van der Waals surface area contributed by atoms with Gasteiger partial charge in [-0.05, 0) is 6.07 Å². The summed E-state index contributed by atoms with van der Waals surface area (Å²) in [7, 11) is 1.14. The smallest absolute Gasteiger partial charge is 0.338 e. The first-order valence-corrected chi connectivity index (χ1v) is 5.15. The van der Waals surface area contributed by atoms with E-state index >= 15 is 0 Å². The number of carbonyl (C=O) groups is 2. The van der Waals surface area contributed by atoms with Crippen LogP contribution < -0.4 is 0 Å². The lowest BCUT2D eigenvalue weighted by Crippen LogP contribution is -2.09. The zero-order valence-electron chi connectivity index (χ0n) is 10.1. The van der Waals surface area contributed by atoms with Crippen molar-refractivity contribution in [3.05, 3.63) is 52.1 Å². The molecule has 0 spiro atoms. The highest BCUT2D eigenvalue weighted by Gasteiger charge is 2.18. The van der Waals surface area contributed by atoms with Crippen LogP contribution in [0.15, 0.2) is 30.9 Å². The molecule has 0 saturated carbocycles. The van der Waals surface area contributed by atoms with Crippen LogP contribution in [0.25, 0.3) is 0 Å². The van der Waals surface area contributed by atoms with E-state index in [0.717, 1.165) is 19.2 Å². The van der Waals surface area contributed by atoms with Crippen molar-refractivity contribution in [3.8, 4) is 0 Å². The molecule has 0 heterocycles. The average molecular weight is 265 g/mol. The second-order valence-corrected chi connectivity index (χ2v) is 3.40. The van der Waals surface area contributed by atoms with Crippen LogP contribution in [0, 0.1) is 10.1 Å². The average Bonchev–Trinajstić information content (AvgIpc) is 2.43. The lowest BCUT2D eigenvalue weighted by Gasteiger charge is -2.04. The first-order valence-electron chi connectivity index (χ1n) is 5.15. The fourth-order valence-electron chi connectivity index (χ4n) is 1.29. The van der Waals surface area contributed by atoms with Crippen molar-refractivity contribution in [1.82, 2.24) is 0 Å². The van der Waals surface area contributed by atoms with Crippen LogP contribution in [0.3, 0.4) is 0 Å². The highest BCUT2D eigenvalue weighted by Crippen LogP contribution is 2.18. The maximum Gasteiger partial charge on any atom is 0.338 e. The van der Waals surface area contributed by atoms with Gasteiger partial charge in [-0.1, -0.05) is 12.7 Å². The van der Waals surface area contributed by atoms with E-state index in [0.29, 0.717) is 0 Å². The summed E-state index contributed by atoms with van der Waals surface area (Å²) in [5.74, 6) is -1.56. The highest BCUT2D eigenvalue weighted by atomic mass is 16.6. The molecule has 0 radical (unpaired) electrons. The molecule has 0 aromatic heterocycles. The number of methoxy groups -OCH3 is 1. The van der Waals surface area contributed by atoms with Crippen molar-refractivity contribution in [1.29, 1.82) is 0 Å². The van der Waals surface area contributed by atoms with Gasteiger partial charge in [-0.3, -0.25) is 10.1 Å². The van der Waals surface area contributed by atoms with Crippen LogP contribution >= 0.6 is 0 Å². The molecule has 1 rings (SSSR count). The number of hydrogen-bond acceptors (Lipinski definition) is 6. The van der Waals surface area contributed by atoms with E-state index in [4.69, 9.17) is 4.74 Å². The van der Waals surface area contributed by atoms with Crippen LogP contribution in [0.2, 0.25) is 0 Å². The molecule has 100 valence electrons. The number of ether oxygens (including phenoxy) is 2. The molecule has 1 aromatic carbocycles. The molecule has 7 heteroatoms. The number of nitro benzene ring substituents is 1. The third-order valence-corrected chi connectivity index (χ3v) is 2.12. The number of benzene rings is 1. The molecule has 0 fully saturated rings. The number of rotatable bonds is 5. The van der Waals surface area contributed by atoms with Crippen molar-refractivity contribution < 1.29 is 24.0 Å². The topological polar surface area (TPSA) is 95.7 Å². The molecular weight excluding hydrogens is 254 g/mol. The molecule has 0 unspecified atom stereocenters. The normalized spacial score (nSPS) is 9.53. The first-order chi connectivity index (χ1) is 8.99. The summed E-state index contributed by atoms with van der Waals surface area (Å²) in [4.78, 5) is 33.0. The summed E-state index contributed by atoms with van der Waals surface area (Å²) in [6.07, 6.45) is 1.36. The minimum Gasteiger partial charge on any atom is -0.465 e. The second-order valence-electron chi connectivity index (χ2n) is 3.40. The van der Waals surface area contributed by atoms with Crippen molar-refractivity contribution in [3.63, 3.8) is 0 Å². The van der Waals surface area contributed by atoms with E-state index in [1.165, 1.54) is 12.1 Å². The summed E-state index contributed by atoms with van der Waals surface area (Å²) in [5.41, 5.74) is -0.591. The number of nitro groups is 1.